The maximum atomic E-state index is 13.6. The van der Waals surface area contributed by atoms with Gasteiger partial charge in [0.15, 0.2) is 0 Å². The summed E-state index contributed by atoms with van der Waals surface area (Å²) >= 11 is 6.39. The van der Waals surface area contributed by atoms with Crippen LogP contribution in [0.5, 0.6) is 0 Å². The number of allylic oxidation sites excluding steroid dienone is 3. The summed E-state index contributed by atoms with van der Waals surface area (Å²) in [5.74, 6) is -0.249. The summed E-state index contributed by atoms with van der Waals surface area (Å²) in [5.41, 5.74) is 6.27. The number of amides is 3. The number of benzene rings is 2. The first-order chi connectivity index (χ1) is 26.7. The smallest absolute Gasteiger partial charge is 0.249 e. The first-order valence-corrected chi connectivity index (χ1v) is 20.6. The number of hydrogen-bond acceptors (Lipinski definition) is 9. The van der Waals surface area contributed by atoms with Crippen molar-refractivity contribution in [2.45, 2.75) is 82.8 Å². The molecular weight excluding hydrogens is 712 g/mol. The Bertz CT molecular complexity index is 1900. The van der Waals surface area contributed by atoms with E-state index in [1.165, 1.54) is 12.1 Å². The second kappa shape index (κ2) is 15.9. The minimum absolute atomic E-state index is 0.205. The lowest BCUT2D eigenvalue weighted by Gasteiger charge is -2.43. The average molecular weight is 765 g/mol. The van der Waals surface area contributed by atoms with Crippen LogP contribution >= 0.6 is 11.6 Å². The van der Waals surface area contributed by atoms with Crippen molar-refractivity contribution in [1.82, 2.24) is 20.0 Å². The molecule has 2 aromatic carbocycles. The van der Waals surface area contributed by atoms with Crippen molar-refractivity contribution < 1.29 is 14.4 Å². The Morgan fingerprint density at radius 2 is 1.67 bits per heavy atom. The Kier molecular flexibility index (Phi) is 10.8. The van der Waals surface area contributed by atoms with Gasteiger partial charge in [0.05, 0.1) is 10.6 Å². The molecule has 5 saturated heterocycles. The minimum Gasteiger partial charge on any atom is -0.375 e. The van der Waals surface area contributed by atoms with Crippen molar-refractivity contribution in [3.63, 3.8) is 0 Å². The average Bonchev–Trinajstić information content (AvgIpc) is 3.54. The minimum atomic E-state index is -0.391. The zero-order valence-corrected chi connectivity index (χ0v) is 32.7. The molecular formula is C43H53ClN8O3. The van der Waals surface area contributed by atoms with Gasteiger partial charge in [-0.2, -0.15) is 5.26 Å². The maximum absolute atomic E-state index is 13.6. The van der Waals surface area contributed by atoms with Gasteiger partial charge < -0.3 is 24.9 Å². The summed E-state index contributed by atoms with van der Waals surface area (Å²) in [5, 5.41) is 15.5. The molecule has 55 heavy (non-hydrogen) atoms. The number of nitrogens with one attached hydrogen (secondary N) is 2. The molecule has 0 bridgehead atoms. The molecule has 0 aromatic heterocycles. The topological polar surface area (TPSA) is 115 Å². The van der Waals surface area contributed by atoms with E-state index in [4.69, 9.17) is 11.6 Å². The quantitative estimate of drug-likeness (QED) is 0.352. The molecule has 8 rings (SSSR count). The number of rotatable bonds is 7. The van der Waals surface area contributed by atoms with Crippen molar-refractivity contribution in [3.8, 4) is 6.07 Å². The molecule has 5 heterocycles. The van der Waals surface area contributed by atoms with Crippen LogP contribution < -0.4 is 20.4 Å². The Labute approximate surface area is 329 Å². The lowest BCUT2D eigenvalue weighted by atomic mass is 9.76. The summed E-state index contributed by atoms with van der Waals surface area (Å²) < 4.78 is 0. The number of nitriles is 1. The van der Waals surface area contributed by atoms with Gasteiger partial charge in [0.2, 0.25) is 17.7 Å². The van der Waals surface area contributed by atoms with E-state index >= 15 is 0 Å². The summed E-state index contributed by atoms with van der Waals surface area (Å²) in [6.07, 6.45) is 12.4. The van der Waals surface area contributed by atoms with Gasteiger partial charge in [-0.05, 0) is 106 Å². The molecule has 2 aromatic rings. The monoisotopic (exact) mass is 764 g/mol. The first-order valence-electron chi connectivity index (χ1n) is 20.3. The number of imide groups is 1. The Hall–Kier alpha value is -4.53. The van der Waals surface area contributed by atoms with E-state index < -0.39 is 6.04 Å². The molecule has 1 spiro atoms. The fourth-order valence-electron chi connectivity index (χ4n) is 9.94. The summed E-state index contributed by atoms with van der Waals surface area (Å²) in [4.78, 5) is 49.5. The van der Waals surface area contributed by atoms with Crippen LogP contribution in [0.15, 0.2) is 65.9 Å². The molecule has 11 nitrogen and oxygen atoms in total. The van der Waals surface area contributed by atoms with Gasteiger partial charge in [-0.25, -0.2) is 0 Å². The first kappa shape index (κ1) is 37.4. The highest BCUT2D eigenvalue weighted by Gasteiger charge is 2.44. The van der Waals surface area contributed by atoms with Gasteiger partial charge in [0, 0.05) is 106 Å². The van der Waals surface area contributed by atoms with Crippen LogP contribution in [0, 0.1) is 16.7 Å². The fraction of sp³-hybridized carbons (Fsp3) is 0.535. The van der Waals surface area contributed by atoms with E-state index in [0.717, 1.165) is 120 Å². The molecule has 6 aliphatic rings. The van der Waals surface area contributed by atoms with Crippen LogP contribution in [0.1, 0.15) is 70.3 Å². The number of piperazine rings is 1. The molecule has 2 atom stereocenters. The number of hydrogen-bond donors (Lipinski definition) is 2. The molecule has 12 heteroatoms. The molecule has 3 amide bonds. The van der Waals surface area contributed by atoms with E-state index in [-0.39, 0.29) is 17.7 Å². The van der Waals surface area contributed by atoms with Gasteiger partial charge >= 0.3 is 0 Å². The van der Waals surface area contributed by atoms with Crippen LogP contribution in [0.2, 0.25) is 5.02 Å². The number of carbonyl (C=O) groups is 3. The third kappa shape index (κ3) is 8.08. The molecule has 1 aliphatic carbocycles. The van der Waals surface area contributed by atoms with Crippen LogP contribution in [0.25, 0.3) is 0 Å². The third-order valence-electron chi connectivity index (χ3n) is 13.2. The third-order valence-corrected chi connectivity index (χ3v) is 13.5. The highest BCUT2D eigenvalue weighted by molar-refractivity contribution is 6.32. The molecule has 290 valence electrons. The number of anilines is 3. The predicted octanol–water partition coefficient (Wildman–Crippen LogP) is 5.53. The summed E-state index contributed by atoms with van der Waals surface area (Å²) in [6, 6.07) is 16.7. The van der Waals surface area contributed by atoms with E-state index in [1.807, 2.05) is 30.3 Å². The zero-order chi connectivity index (χ0) is 38.1. The number of likely N-dealkylation sites (tertiary alicyclic amines) is 2. The molecule has 0 radical (unpaired) electrons. The normalized spacial score (nSPS) is 25.0. The lowest BCUT2D eigenvalue weighted by Crippen LogP contribution is -2.54. The van der Waals surface area contributed by atoms with Gasteiger partial charge in [-0.15, -0.1) is 0 Å². The maximum Gasteiger partial charge on any atom is 0.249 e. The van der Waals surface area contributed by atoms with E-state index in [1.54, 1.807) is 0 Å². The summed E-state index contributed by atoms with van der Waals surface area (Å²) in [7, 11) is 0. The van der Waals surface area contributed by atoms with Gasteiger partial charge in [0.1, 0.15) is 12.1 Å². The number of nitrogens with zero attached hydrogens (tertiary/aromatic N) is 6. The molecule has 1 unspecified atom stereocenters. The SMILES string of the molecule is C[C@H]1CC2(CCN(C3=CC=C(C(=O)N4CCC(N5CCN(c6cccc(NC7CCC(=O)NC7=O)c6)CC5)CC4)CC3)CC2)CN1c1ccc(C#N)c(Cl)c1. The Morgan fingerprint density at radius 3 is 2.36 bits per heavy atom. The van der Waals surface area contributed by atoms with Crippen LogP contribution in [0.4, 0.5) is 17.1 Å². The number of carbonyl (C=O) groups excluding carboxylic acids is 3. The Morgan fingerprint density at radius 1 is 0.891 bits per heavy atom. The van der Waals surface area contributed by atoms with Crippen molar-refractivity contribution in [2.24, 2.45) is 5.41 Å². The van der Waals surface area contributed by atoms with Gasteiger partial charge in [-0.1, -0.05) is 23.7 Å². The number of piperidine rings is 3. The van der Waals surface area contributed by atoms with Crippen molar-refractivity contribution in [2.75, 3.05) is 74.0 Å². The molecule has 5 aliphatic heterocycles. The second-order valence-electron chi connectivity index (χ2n) is 16.5. The summed E-state index contributed by atoms with van der Waals surface area (Å²) in [6.45, 7) is 10.9. The van der Waals surface area contributed by atoms with Crippen LogP contribution in [-0.4, -0.2) is 109 Å². The van der Waals surface area contributed by atoms with Crippen LogP contribution in [0.3, 0.4) is 0 Å². The molecule has 2 N–H and O–H groups in total. The number of halogens is 1. The predicted molar refractivity (Wildman–Crippen MR) is 216 cm³/mol. The van der Waals surface area contributed by atoms with Crippen molar-refractivity contribution in [1.29, 1.82) is 5.26 Å². The lowest BCUT2D eigenvalue weighted by molar-refractivity contribution is -0.133. The molecule has 0 saturated carbocycles. The Balaban J connectivity index is 0.778. The molecule has 5 fully saturated rings. The standard InChI is InChI=1S/C43H53ClN8O3/c1-30-27-43(29-52(30)37-10-7-32(28-45)38(44)26-37)15-19-48(20-16-43)34-8-5-31(6-9-34)42(55)51-17-13-35(14-18-51)49-21-23-50(24-22-49)36-4-2-3-33(25-36)46-39-11-12-40(53)47-41(39)54/h2-5,7-8,10,25-26,30,35,39,46H,6,9,11-24,27,29H2,1H3,(H,47,53,54)/t30-,39?/m0/s1. The largest absolute Gasteiger partial charge is 0.375 e. The van der Waals surface area contributed by atoms with Crippen LogP contribution in [-0.2, 0) is 14.4 Å². The highest BCUT2D eigenvalue weighted by atomic mass is 35.5. The second-order valence-corrected chi connectivity index (χ2v) is 16.9. The van der Waals surface area contributed by atoms with Gasteiger partial charge in [-0.3, -0.25) is 24.6 Å². The fourth-order valence-corrected chi connectivity index (χ4v) is 10.2. The van der Waals surface area contributed by atoms with E-state index in [0.29, 0.717) is 40.9 Å². The van der Waals surface area contributed by atoms with Crippen molar-refractivity contribution >= 4 is 46.4 Å². The van der Waals surface area contributed by atoms with E-state index in [9.17, 15) is 19.6 Å². The highest BCUT2D eigenvalue weighted by Crippen LogP contribution is 2.46. The van der Waals surface area contributed by atoms with E-state index in [2.05, 4.69) is 72.4 Å². The zero-order valence-electron chi connectivity index (χ0n) is 31.9. The van der Waals surface area contributed by atoms with Gasteiger partial charge in [0.25, 0.3) is 0 Å². The van der Waals surface area contributed by atoms with Crippen molar-refractivity contribution in [3.05, 3.63) is 76.5 Å².